The van der Waals surface area contributed by atoms with Crippen molar-refractivity contribution in [3.8, 4) is 17.2 Å². The van der Waals surface area contributed by atoms with Crippen LogP contribution in [0.1, 0.15) is 17.0 Å². The first-order valence-corrected chi connectivity index (χ1v) is 10.1. The summed E-state index contributed by atoms with van der Waals surface area (Å²) in [5.41, 5.74) is 3.21. The number of rotatable bonds is 6. The molecule has 8 heteroatoms. The highest BCUT2D eigenvalue weighted by Gasteiger charge is 2.25. The number of sulfonamides is 1. The summed E-state index contributed by atoms with van der Waals surface area (Å²) in [5.74, 6) is 0.974. The Hall–Kier alpha value is -3.00. The van der Waals surface area contributed by atoms with Crippen molar-refractivity contribution in [2.45, 2.75) is 25.7 Å². The molecule has 0 saturated heterocycles. The van der Waals surface area contributed by atoms with E-state index in [0.29, 0.717) is 28.6 Å². The van der Waals surface area contributed by atoms with Gasteiger partial charge in [-0.2, -0.15) is 5.10 Å². The lowest BCUT2D eigenvalue weighted by Gasteiger charge is -2.12. The molecule has 0 amide bonds. The number of ether oxygens (including phenoxy) is 2. The van der Waals surface area contributed by atoms with E-state index in [1.807, 2.05) is 31.2 Å². The Morgan fingerprint density at radius 3 is 2.04 bits per heavy atom. The molecule has 0 bridgehead atoms. The summed E-state index contributed by atoms with van der Waals surface area (Å²) in [4.78, 5) is 0.148. The standard InChI is InChI=1S/C20H23N3O4S/c1-13-6-8-17(9-7-13)23-15(3)20(14(2)21-23)28(24,25)22-16-10-18(26-4)12-19(11-16)27-5/h6-12,22H,1-5H3. The molecule has 1 aromatic heterocycles. The second-order valence-corrected chi connectivity index (χ2v) is 8.07. The maximum Gasteiger partial charge on any atom is 0.265 e. The number of hydrogen-bond donors (Lipinski definition) is 1. The zero-order valence-corrected chi connectivity index (χ0v) is 17.3. The first-order chi connectivity index (χ1) is 13.2. The van der Waals surface area contributed by atoms with Crippen LogP contribution in [0.5, 0.6) is 11.5 Å². The fourth-order valence-corrected chi connectivity index (χ4v) is 4.46. The van der Waals surface area contributed by atoms with Gasteiger partial charge in [-0.3, -0.25) is 4.72 Å². The average Bonchev–Trinajstić information content (AvgIpc) is 2.96. The van der Waals surface area contributed by atoms with Crippen molar-refractivity contribution in [1.29, 1.82) is 0 Å². The molecule has 0 saturated carbocycles. The molecule has 1 N–H and O–H groups in total. The molecule has 0 aliphatic heterocycles. The van der Waals surface area contributed by atoms with Crippen molar-refractivity contribution in [2.75, 3.05) is 18.9 Å². The highest BCUT2D eigenvalue weighted by atomic mass is 32.2. The Bertz CT molecular complexity index is 1080. The van der Waals surface area contributed by atoms with Crippen LogP contribution in [-0.2, 0) is 10.0 Å². The number of nitrogens with one attached hydrogen (secondary N) is 1. The first kappa shape index (κ1) is 19.8. The van der Waals surface area contributed by atoms with Crippen molar-refractivity contribution in [1.82, 2.24) is 9.78 Å². The summed E-state index contributed by atoms with van der Waals surface area (Å²) in [6, 6.07) is 12.6. The van der Waals surface area contributed by atoms with E-state index in [1.165, 1.54) is 14.2 Å². The molecule has 0 fully saturated rings. The number of anilines is 1. The minimum Gasteiger partial charge on any atom is -0.497 e. The molecule has 0 aliphatic carbocycles. The second kappa shape index (κ2) is 7.55. The molecule has 2 aromatic carbocycles. The molecule has 3 rings (SSSR count). The Kier molecular flexibility index (Phi) is 5.33. The van der Waals surface area contributed by atoms with Crippen molar-refractivity contribution in [3.05, 3.63) is 59.4 Å². The Labute approximate surface area is 165 Å². The van der Waals surface area contributed by atoms with Gasteiger partial charge >= 0.3 is 0 Å². The Balaban J connectivity index is 2.02. The number of nitrogens with zero attached hydrogens (tertiary/aromatic N) is 2. The minimum absolute atomic E-state index is 0.148. The van der Waals surface area contributed by atoms with Gasteiger partial charge in [0.1, 0.15) is 16.4 Å². The monoisotopic (exact) mass is 401 g/mol. The topological polar surface area (TPSA) is 82.5 Å². The van der Waals surface area contributed by atoms with Crippen molar-refractivity contribution < 1.29 is 17.9 Å². The summed E-state index contributed by atoms with van der Waals surface area (Å²) in [6.45, 7) is 5.41. The van der Waals surface area contributed by atoms with Crippen LogP contribution in [0.4, 0.5) is 5.69 Å². The van der Waals surface area contributed by atoms with Gasteiger partial charge in [0.05, 0.1) is 37.0 Å². The van der Waals surface area contributed by atoms with E-state index in [1.54, 1.807) is 36.7 Å². The summed E-state index contributed by atoms with van der Waals surface area (Å²) in [6.07, 6.45) is 0. The molecular weight excluding hydrogens is 378 g/mol. The molecule has 0 radical (unpaired) electrons. The second-order valence-electron chi connectivity index (χ2n) is 6.45. The quantitative estimate of drug-likeness (QED) is 0.682. The highest BCUT2D eigenvalue weighted by molar-refractivity contribution is 7.92. The molecule has 1 heterocycles. The van der Waals surface area contributed by atoms with Crippen LogP contribution >= 0.6 is 0 Å². The van der Waals surface area contributed by atoms with E-state index in [-0.39, 0.29) is 4.90 Å². The van der Waals surface area contributed by atoms with Crippen LogP contribution < -0.4 is 14.2 Å². The Morgan fingerprint density at radius 2 is 1.50 bits per heavy atom. The molecule has 7 nitrogen and oxygen atoms in total. The molecular formula is C20H23N3O4S. The van der Waals surface area contributed by atoms with Crippen LogP contribution in [0.25, 0.3) is 5.69 Å². The maximum absolute atomic E-state index is 13.1. The third kappa shape index (κ3) is 3.82. The van der Waals surface area contributed by atoms with Crippen LogP contribution in [0.3, 0.4) is 0 Å². The van der Waals surface area contributed by atoms with Gasteiger partial charge in [-0.1, -0.05) is 17.7 Å². The third-order valence-electron chi connectivity index (χ3n) is 4.38. The minimum atomic E-state index is -3.86. The third-order valence-corrected chi connectivity index (χ3v) is 6.01. The van der Waals surface area contributed by atoms with Gasteiger partial charge in [0, 0.05) is 18.2 Å². The van der Waals surface area contributed by atoms with E-state index in [0.717, 1.165) is 11.3 Å². The lowest BCUT2D eigenvalue weighted by atomic mass is 10.2. The molecule has 0 aliphatic rings. The lowest BCUT2D eigenvalue weighted by Crippen LogP contribution is -2.15. The van der Waals surface area contributed by atoms with E-state index in [4.69, 9.17) is 9.47 Å². The molecule has 28 heavy (non-hydrogen) atoms. The molecule has 3 aromatic rings. The molecule has 0 spiro atoms. The van der Waals surface area contributed by atoms with Gasteiger partial charge < -0.3 is 9.47 Å². The lowest BCUT2D eigenvalue weighted by molar-refractivity contribution is 0.395. The summed E-state index contributed by atoms with van der Waals surface area (Å²) >= 11 is 0. The van der Waals surface area contributed by atoms with Crippen LogP contribution in [0, 0.1) is 20.8 Å². The predicted molar refractivity (Wildman–Crippen MR) is 108 cm³/mol. The largest absolute Gasteiger partial charge is 0.497 e. The van der Waals surface area contributed by atoms with E-state index in [9.17, 15) is 8.42 Å². The van der Waals surface area contributed by atoms with E-state index < -0.39 is 10.0 Å². The molecule has 0 unspecified atom stereocenters. The summed E-state index contributed by atoms with van der Waals surface area (Å²) in [7, 11) is -0.851. The fourth-order valence-electron chi connectivity index (χ4n) is 3.03. The Morgan fingerprint density at radius 1 is 0.929 bits per heavy atom. The van der Waals surface area contributed by atoms with Crippen LogP contribution in [0.15, 0.2) is 47.4 Å². The van der Waals surface area contributed by atoms with Gasteiger partial charge in [-0.05, 0) is 32.9 Å². The van der Waals surface area contributed by atoms with E-state index >= 15 is 0 Å². The maximum atomic E-state index is 13.1. The smallest absolute Gasteiger partial charge is 0.265 e. The normalized spacial score (nSPS) is 11.3. The summed E-state index contributed by atoms with van der Waals surface area (Å²) in [5, 5.41) is 4.43. The first-order valence-electron chi connectivity index (χ1n) is 8.64. The van der Waals surface area contributed by atoms with Gasteiger partial charge in [0.15, 0.2) is 0 Å². The van der Waals surface area contributed by atoms with Gasteiger partial charge in [0.2, 0.25) is 0 Å². The highest BCUT2D eigenvalue weighted by Crippen LogP contribution is 2.29. The molecule has 148 valence electrons. The SMILES string of the molecule is COc1cc(NS(=O)(=O)c2c(C)nn(-c3ccc(C)cc3)c2C)cc(OC)c1. The van der Waals surface area contributed by atoms with E-state index in [2.05, 4.69) is 9.82 Å². The molecule has 0 atom stereocenters. The zero-order chi connectivity index (χ0) is 20.5. The van der Waals surface area contributed by atoms with Gasteiger partial charge in [0.25, 0.3) is 10.0 Å². The average molecular weight is 401 g/mol. The van der Waals surface area contributed by atoms with Crippen LogP contribution in [0.2, 0.25) is 0 Å². The number of methoxy groups -OCH3 is 2. The zero-order valence-electron chi connectivity index (χ0n) is 16.5. The number of aromatic nitrogens is 2. The number of hydrogen-bond acceptors (Lipinski definition) is 5. The van der Waals surface area contributed by atoms with Gasteiger partial charge in [-0.25, -0.2) is 13.1 Å². The predicted octanol–water partition coefficient (Wildman–Crippen LogP) is 3.62. The summed E-state index contributed by atoms with van der Waals surface area (Å²) < 4.78 is 40.8. The number of aryl methyl sites for hydroxylation is 2. The fraction of sp³-hybridized carbons (Fsp3) is 0.250. The van der Waals surface area contributed by atoms with Crippen molar-refractivity contribution in [3.63, 3.8) is 0 Å². The van der Waals surface area contributed by atoms with Crippen molar-refractivity contribution in [2.24, 2.45) is 0 Å². The van der Waals surface area contributed by atoms with Gasteiger partial charge in [-0.15, -0.1) is 0 Å². The van der Waals surface area contributed by atoms with Crippen LogP contribution in [-0.4, -0.2) is 32.4 Å². The number of benzene rings is 2. The van der Waals surface area contributed by atoms with Crippen molar-refractivity contribution >= 4 is 15.7 Å².